The maximum absolute atomic E-state index is 12.0. The minimum absolute atomic E-state index is 0.362. The van der Waals surface area contributed by atoms with E-state index in [1.54, 1.807) is 0 Å². The Hall–Kier alpha value is -1.67. The van der Waals surface area contributed by atoms with Crippen LogP contribution in [0.4, 0.5) is 4.79 Å². The van der Waals surface area contributed by atoms with Crippen LogP contribution in [0, 0.1) is 0 Å². The number of carbonyl (C=O) groups is 1. The zero-order valence-electron chi connectivity index (χ0n) is 18.0. The summed E-state index contributed by atoms with van der Waals surface area (Å²) < 4.78 is 5.36. The highest BCUT2D eigenvalue weighted by Gasteiger charge is 2.37. The van der Waals surface area contributed by atoms with Crippen molar-refractivity contribution in [1.82, 2.24) is 15.1 Å². The molecule has 2 rings (SSSR count). The van der Waals surface area contributed by atoms with E-state index in [1.165, 1.54) is 4.90 Å². The molecule has 1 aromatic carbocycles. The van der Waals surface area contributed by atoms with Gasteiger partial charge in [0.05, 0.1) is 25.4 Å². The van der Waals surface area contributed by atoms with Gasteiger partial charge in [0.2, 0.25) is 0 Å². The summed E-state index contributed by atoms with van der Waals surface area (Å²) in [7, 11) is 0. The van der Waals surface area contributed by atoms with Gasteiger partial charge in [-0.1, -0.05) is 30.3 Å². The van der Waals surface area contributed by atoms with Gasteiger partial charge in [-0.15, -0.1) is 0 Å². The Morgan fingerprint density at radius 1 is 1.24 bits per heavy atom. The largest absolute Gasteiger partial charge is 0.465 e. The summed E-state index contributed by atoms with van der Waals surface area (Å²) in [6, 6.07) is 9.22. The molecule has 1 amide bonds. The summed E-state index contributed by atoms with van der Waals surface area (Å²) in [5.41, 5.74) is 0.405. The number of amides is 1. The van der Waals surface area contributed by atoms with E-state index in [9.17, 15) is 15.0 Å². The number of carboxylic acid groups (broad SMARTS) is 1. The van der Waals surface area contributed by atoms with Crippen LogP contribution in [-0.4, -0.2) is 89.7 Å². The summed E-state index contributed by atoms with van der Waals surface area (Å²) in [5, 5.41) is 24.1. The highest BCUT2D eigenvalue weighted by Crippen LogP contribution is 2.22. The van der Waals surface area contributed by atoms with Crippen molar-refractivity contribution in [3.63, 3.8) is 0 Å². The van der Waals surface area contributed by atoms with E-state index in [-0.39, 0.29) is 0 Å². The lowest BCUT2D eigenvalue weighted by Gasteiger charge is -2.42. The Labute approximate surface area is 174 Å². The van der Waals surface area contributed by atoms with Gasteiger partial charge in [0, 0.05) is 25.2 Å². The fourth-order valence-corrected chi connectivity index (χ4v) is 3.82. The van der Waals surface area contributed by atoms with Gasteiger partial charge in [-0.2, -0.15) is 0 Å². The lowest BCUT2D eigenvalue weighted by atomic mass is 9.94. The lowest BCUT2D eigenvalue weighted by Crippen LogP contribution is -2.58. The second-order valence-corrected chi connectivity index (χ2v) is 8.66. The lowest BCUT2D eigenvalue weighted by molar-refractivity contribution is 0.00761. The third-order valence-electron chi connectivity index (χ3n) is 5.28. The normalized spacial score (nSPS) is 17.7. The molecule has 0 saturated carbocycles. The van der Waals surface area contributed by atoms with Crippen LogP contribution in [-0.2, 0) is 11.2 Å². The molecule has 7 nitrogen and oxygen atoms in total. The Balaban J connectivity index is 1.92. The topological polar surface area (TPSA) is 85.3 Å². The molecule has 164 valence electrons. The van der Waals surface area contributed by atoms with Gasteiger partial charge >= 0.3 is 6.09 Å². The molecule has 7 heteroatoms. The number of rotatable bonds is 10. The number of nitrogens with one attached hydrogen (secondary N) is 1. The molecule has 29 heavy (non-hydrogen) atoms. The first-order chi connectivity index (χ1) is 13.8. The summed E-state index contributed by atoms with van der Waals surface area (Å²) >= 11 is 0. The third-order valence-corrected chi connectivity index (χ3v) is 5.28. The van der Waals surface area contributed by atoms with Crippen molar-refractivity contribution in [2.45, 2.75) is 51.3 Å². The monoisotopic (exact) mass is 407 g/mol. The van der Waals surface area contributed by atoms with Crippen LogP contribution in [0.15, 0.2) is 30.3 Å². The first kappa shape index (κ1) is 23.6. The second-order valence-electron chi connectivity index (χ2n) is 8.66. The molecule has 0 bridgehead atoms. The van der Waals surface area contributed by atoms with Crippen LogP contribution >= 0.6 is 0 Å². The number of hydrogen-bond acceptors (Lipinski definition) is 5. The highest BCUT2D eigenvalue weighted by atomic mass is 16.5. The number of ether oxygens (including phenoxy) is 1. The molecular formula is C22H37N3O4. The van der Waals surface area contributed by atoms with E-state index in [0.29, 0.717) is 13.0 Å². The predicted octanol–water partition coefficient (Wildman–Crippen LogP) is 2.05. The maximum atomic E-state index is 12.0. The summed E-state index contributed by atoms with van der Waals surface area (Å²) in [4.78, 5) is 15.8. The summed E-state index contributed by atoms with van der Waals surface area (Å²) in [6.45, 7) is 11.3. The Morgan fingerprint density at radius 2 is 1.90 bits per heavy atom. The van der Waals surface area contributed by atoms with Gasteiger partial charge in [-0.3, -0.25) is 9.80 Å². The fourth-order valence-electron chi connectivity index (χ4n) is 3.82. The number of aliphatic hydroxyl groups excluding tert-OH is 1. The van der Waals surface area contributed by atoms with Crippen LogP contribution in [0.2, 0.25) is 0 Å². The number of hydrogen-bond donors (Lipinski definition) is 3. The quantitative estimate of drug-likeness (QED) is 0.515. The SMILES string of the molecule is CC(C)(C)N(C(=O)O)[C@@H](Cc1ccccc1)[C@H](O)CNCCCN1CCOCC1. The molecule has 0 radical (unpaired) electrons. The number of benzene rings is 1. The molecule has 1 heterocycles. The van der Waals surface area contributed by atoms with Crippen molar-refractivity contribution in [2.24, 2.45) is 0 Å². The Bertz CT molecular complexity index is 600. The minimum atomic E-state index is -1.01. The van der Waals surface area contributed by atoms with Crippen molar-refractivity contribution in [3.05, 3.63) is 35.9 Å². The molecular weight excluding hydrogens is 370 g/mol. The van der Waals surface area contributed by atoms with E-state index < -0.39 is 23.8 Å². The van der Waals surface area contributed by atoms with Gasteiger partial charge in [0.1, 0.15) is 0 Å². The molecule has 1 aliphatic heterocycles. The van der Waals surface area contributed by atoms with Crippen molar-refractivity contribution >= 4 is 6.09 Å². The number of morpholine rings is 1. The van der Waals surface area contributed by atoms with E-state index in [2.05, 4.69) is 10.2 Å². The number of aliphatic hydroxyl groups is 1. The summed E-state index contributed by atoms with van der Waals surface area (Å²) in [5.74, 6) is 0. The van der Waals surface area contributed by atoms with Crippen LogP contribution in [0.5, 0.6) is 0 Å². The van der Waals surface area contributed by atoms with Crippen molar-refractivity contribution < 1.29 is 19.7 Å². The molecule has 1 aromatic rings. The Morgan fingerprint density at radius 3 is 2.48 bits per heavy atom. The van der Waals surface area contributed by atoms with Crippen LogP contribution in [0.3, 0.4) is 0 Å². The van der Waals surface area contributed by atoms with Crippen molar-refractivity contribution in [3.8, 4) is 0 Å². The van der Waals surface area contributed by atoms with E-state index in [4.69, 9.17) is 4.74 Å². The minimum Gasteiger partial charge on any atom is -0.465 e. The zero-order chi connectivity index (χ0) is 21.3. The first-order valence-electron chi connectivity index (χ1n) is 10.5. The van der Waals surface area contributed by atoms with E-state index >= 15 is 0 Å². The molecule has 0 unspecified atom stereocenters. The molecule has 1 saturated heterocycles. The van der Waals surface area contributed by atoms with Gasteiger partial charge in [-0.25, -0.2) is 4.79 Å². The zero-order valence-corrected chi connectivity index (χ0v) is 18.0. The highest BCUT2D eigenvalue weighted by molar-refractivity contribution is 5.66. The van der Waals surface area contributed by atoms with Crippen LogP contribution in [0.25, 0.3) is 0 Å². The van der Waals surface area contributed by atoms with Gasteiger partial charge in [0.25, 0.3) is 0 Å². The molecule has 0 spiro atoms. The third kappa shape index (κ3) is 7.93. The van der Waals surface area contributed by atoms with Gasteiger partial charge in [0.15, 0.2) is 0 Å². The molecule has 1 aliphatic rings. The predicted molar refractivity (Wildman–Crippen MR) is 114 cm³/mol. The standard InChI is InChI=1S/C22H37N3O4/c1-22(2,3)25(21(27)28)19(16-18-8-5-4-6-9-18)20(26)17-23-10-7-11-24-12-14-29-15-13-24/h4-6,8-9,19-20,23,26H,7,10-17H2,1-3H3,(H,27,28)/t19-,20+/m0/s1. The molecule has 0 aromatic heterocycles. The maximum Gasteiger partial charge on any atom is 0.408 e. The Kier molecular flexibility index (Phi) is 9.36. The average molecular weight is 408 g/mol. The first-order valence-corrected chi connectivity index (χ1v) is 10.5. The van der Waals surface area contributed by atoms with Gasteiger partial charge in [-0.05, 0) is 52.3 Å². The fraction of sp³-hybridized carbons (Fsp3) is 0.682. The van der Waals surface area contributed by atoms with Crippen LogP contribution < -0.4 is 5.32 Å². The number of nitrogens with zero attached hydrogens (tertiary/aromatic N) is 2. The average Bonchev–Trinajstić information content (AvgIpc) is 2.67. The van der Waals surface area contributed by atoms with Gasteiger partial charge < -0.3 is 20.3 Å². The van der Waals surface area contributed by atoms with Crippen molar-refractivity contribution in [1.29, 1.82) is 0 Å². The van der Waals surface area contributed by atoms with Crippen LogP contribution in [0.1, 0.15) is 32.8 Å². The smallest absolute Gasteiger partial charge is 0.408 e. The van der Waals surface area contributed by atoms with E-state index in [0.717, 1.165) is 51.4 Å². The molecule has 2 atom stereocenters. The molecule has 0 aliphatic carbocycles. The second kappa shape index (κ2) is 11.5. The summed E-state index contributed by atoms with van der Waals surface area (Å²) in [6.07, 6.45) is -0.349. The van der Waals surface area contributed by atoms with E-state index in [1.807, 2.05) is 51.1 Å². The molecule has 1 fully saturated rings. The van der Waals surface area contributed by atoms with Crippen molar-refractivity contribution in [2.75, 3.05) is 45.9 Å². The molecule has 3 N–H and O–H groups in total.